The summed E-state index contributed by atoms with van der Waals surface area (Å²) >= 11 is 0. The average molecular weight is 536 g/mol. The monoisotopic (exact) mass is 535 g/mol. The molecule has 0 saturated heterocycles. The number of nitrogens with one attached hydrogen (secondary N) is 3. The van der Waals surface area contributed by atoms with E-state index in [1.165, 1.54) is 25.3 Å². The highest BCUT2D eigenvalue weighted by molar-refractivity contribution is 5.97. The number of carbonyl (C=O) groups is 3. The van der Waals surface area contributed by atoms with Crippen LogP contribution in [-0.2, 0) is 14.3 Å². The van der Waals surface area contributed by atoms with Gasteiger partial charge in [0.15, 0.2) is 0 Å². The maximum absolute atomic E-state index is 13.2. The molecule has 1 aliphatic rings. The number of carbonyl (C=O) groups excluding carboxylic acids is 3. The fourth-order valence-corrected chi connectivity index (χ4v) is 4.52. The van der Waals surface area contributed by atoms with Gasteiger partial charge in [-0.15, -0.1) is 0 Å². The number of anilines is 1. The molecule has 1 unspecified atom stereocenters. The van der Waals surface area contributed by atoms with Gasteiger partial charge in [0.05, 0.1) is 0 Å². The minimum Gasteiger partial charge on any atom is -0.444 e. The lowest BCUT2D eigenvalue weighted by atomic mass is 9.86. The van der Waals surface area contributed by atoms with Crippen molar-refractivity contribution in [2.75, 3.05) is 11.9 Å². The number of alkyl carbamates (subject to hydrolysis) is 1. The first-order chi connectivity index (χ1) is 18.6. The van der Waals surface area contributed by atoms with Crippen LogP contribution in [-0.4, -0.2) is 36.1 Å². The maximum Gasteiger partial charge on any atom is 0.407 e. The van der Waals surface area contributed by atoms with Gasteiger partial charge in [0.25, 0.3) is 0 Å². The van der Waals surface area contributed by atoms with Crippen molar-refractivity contribution in [1.82, 2.24) is 10.6 Å². The van der Waals surface area contributed by atoms with E-state index in [4.69, 9.17) is 15.3 Å². The van der Waals surface area contributed by atoms with Gasteiger partial charge in [-0.25, -0.2) is 4.79 Å². The molecule has 0 radical (unpaired) electrons. The van der Waals surface area contributed by atoms with Crippen LogP contribution in [0.1, 0.15) is 90.5 Å². The molecule has 3 amide bonds. The molecule has 2 rings (SSSR count). The number of nitriles is 2. The van der Waals surface area contributed by atoms with Crippen LogP contribution in [0.5, 0.6) is 0 Å². The molecule has 9 nitrogen and oxygen atoms in total. The summed E-state index contributed by atoms with van der Waals surface area (Å²) in [7, 11) is 0. The summed E-state index contributed by atoms with van der Waals surface area (Å²) < 4.78 is 5.24. The molecule has 3 N–H and O–H groups in total. The van der Waals surface area contributed by atoms with Crippen molar-refractivity contribution in [3.05, 3.63) is 35.4 Å². The zero-order valence-corrected chi connectivity index (χ0v) is 23.3. The Kier molecular flexibility index (Phi) is 13.0. The summed E-state index contributed by atoms with van der Waals surface area (Å²) in [6.45, 7) is 5.79. The van der Waals surface area contributed by atoms with Gasteiger partial charge in [-0.1, -0.05) is 44.2 Å². The molecule has 1 fully saturated rings. The van der Waals surface area contributed by atoms with Crippen molar-refractivity contribution in [3.8, 4) is 12.1 Å². The van der Waals surface area contributed by atoms with Crippen molar-refractivity contribution >= 4 is 29.7 Å². The number of ether oxygens (including phenoxy) is 1. The second-order valence-corrected chi connectivity index (χ2v) is 11.0. The van der Waals surface area contributed by atoms with E-state index in [0.717, 1.165) is 19.3 Å². The van der Waals surface area contributed by atoms with Crippen LogP contribution in [0, 0.1) is 28.6 Å². The Morgan fingerprint density at radius 1 is 1.10 bits per heavy atom. The lowest BCUT2D eigenvalue weighted by Crippen LogP contribution is -2.44. The van der Waals surface area contributed by atoms with Crippen molar-refractivity contribution in [2.45, 2.75) is 96.6 Å². The van der Waals surface area contributed by atoms with Crippen molar-refractivity contribution < 1.29 is 19.1 Å². The molecule has 39 heavy (non-hydrogen) atoms. The van der Waals surface area contributed by atoms with Gasteiger partial charge in [-0.2, -0.15) is 10.5 Å². The summed E-state index contributed by atoms with van der Waals surface area (Å²) in [6, 6.07) is 9.72. The minimum atomic E-state index is -0.738. The largest absolute Gasteiger partial charge is 0.444 e. The van der Waals surface area contributed by atoms with E-state index in [9.17, 15) is 14.4 Å². The Hall–Kier alpha value is -3.85. The quantitative estimate of drug-likeness (QED) is 0.235. The molecule has 210 valence electrons. The Bertz CT molecular complexity index is 1070. The zero-order chi connectivity index (χ0) is 28.7. The topological polar surface area (TPSA) is 144 Å². The van der Waals surface area contributed by atoms with Crippen LogP contribution in [0.3, 0.4) is 0 Å². The molecule has 0 bridgehead atoms. The third-order valence-electron chi connectivity index (χ3n) is 6.45. The second-order valence-electron chi connectivity index (χ2n) is 11.0. The molecule has 1 aromatic rings. The number of benzene rings is 1. The first-order valence-corrected chi connectivity index (χ1v) is 13.8. The van der Waals surface area contributed by atoms with Gasteiger partial charge < -0.3 is 20.7 Å². The highest BCUT2D eigenvalue weighted by Gasteiger charge is 2.22. The zero-order valence-electron chi connectivity index (χ0n) is 23.3. The van der Waals surface area contributed by atoms with E-state index < -0.39 is 17.7 Å². The minimum absolute atomic E-state index is 0.0402. The molecule has 1 atom stereocenters. The highest BCUT2D eigenvalue weighted by Crippen LogP contribution is 2.27. The molecule has 1 saturated carbocycles. The molecule has 9 heteroatoms. The number of hydrogen-bond acceptors (Lipinski definition) is 6. The van der Waals surface area contributed by atoms with E-state index in [2.05, 4.69) is 16.0 Å². The third-order valence-corrected chi connectivity index (χ3v) is 6.45. The van der Waals surface area contributed by atoms with Crippen LogP contribution in [0.2, 0.25) is 0 Å². The standard InChI is InChI=1S/C30H41N5O4/c1-30(2,3)39-29(38)33-17-8-7-14-26(35-27(36)16-15-22-10-5-4-6-11-22)28(37)34-25-13-9-12-23(19-25)18-24(20-31)21-32/h9,12-13,18-19,22,26H,4-8,10-11,14-17H2,1-3H3,(H,33,38)(H,34,37)(H,35,36). The molecule has 1 aromatic carbocycles. The number of allylic oxidation sites excluding steroid dienone is 1. The molecule has 0 spiro atoms. The lowest BCUT2D eigenvalue weighted by molar-refractivity contribution is -0.126. The maximum atomic E-state index is 13.2. The molecule has 0 heterocycles. The van der Waals surface area contributed by atoms with Crippen LogP contribution in [0.15, 0.2) is 29.8 Å². The summed E-state index contributed by atoms with van der Waals surface area (Å²) in [5.41, 5.74) is 0.485. The molecular formula is C30H41N5O4. The summed E-state index contributed by atoms with van der Waals surface area (Å²) in [5.74, 6) is 0.0817. The van der Waals surface area contributed by atoms with E-state index in [1.807, 2.05) is 12.1 Å². The van der Waals surface area contributed by atoms with Crippen molar-refractivity contribution in [3.63, 3.8) is 0 Å². The van der Waals surface area contributed by atoms with E-state index >= 15 is 0 Å². The first-order valence-electron chi connectivity index (χ1n) is 13.8. The lowest BCUT2D eigenvalue weighted by Gasteiger charge is -2.22. The normalized spacial score (nSPS) is 14.2. The van der Waals surface area contributed by atoms with E-state index in [-0.39, 0.29) is 17.4 Å². The van der Waals surface area contributed by atoms with Crippen molar-refractivity contribution in [1.29, 1.82) is 10.5 Å². The molecular weight excluding hydrogens is 494 g/mol. The Morgan fingerprint density at radius 3 is 2.49 bits per heavy atom. The van der Waals surface area contributed by atoms with Gasteiger partial charge in [0.1, 0.15) is 29.4 Å². The van der Waals surface area contributed by atoms with Crippen LogP contribution in [0.4, 0.5) is 10.5 Å². The number of hydrogen-bond donors (Lipinski definition) is 3. The van der Waals surface area contributed by atoms with Crippen LogP contribution in [0.25, 0.3) is 6.08 Å². The van der Waals surface area contributed by atoms with Gasteiger partial charge in [-0.05, 0) is 76.1 Å². The average Bonchev–Trinajstić information content (AvgIpc) is 2.89. The van der Waals surface area contributed by atoms with Gasteiger partial charge in [0.2, 0.25) is 11.8 Å². The number of unbranched alkanes of at least 4 members (excludes halogenated alkanes) is 1. The number of nitrogens with zero attached hydrogens (tertiary/aromatic N) is 2. The van der Waals surface area contributed by atoms with Gasteiger partial charge in [-0.3, -0.25) is 9.59 Å². The predicted octanol–water partition coefficient (Wildman–Crippen LogP) is 5.60. The van der Waals surface area contributed by atoms with Crippen molar-refractivity contribution in [2.24, 2.45) is 5.92 Å². The highest BCUT2D eigenvalue weighted by atomic mass is 16.6. The first kappa shape index (κ1) is 31.4. The van der Waals surface area contributed by atoms with E-state index in [0.29, 0.717) is 49.4 Å². The predicted molar refractivity (Wildman–Crippen MR) is 150 cm³/mol. The smallest absolute Gasteiger partial charge is 0.407 e. The number of amides is 3. The second kappa shape index (κ2) is 16.2. The SMILES string of the molecule is CC(C)(C)OC(=O)NCCCCC(NC(=O)CCC1CCCCC1)C(=O)Nc1cccc(C=C(C#N)C#N)c1. The fourth-order valence-electron chi connectivity index (χ4n) is 4.52. The van der Waals surface area contributed by atoms with Crippen LogP contribution >= 0.6 is 0 Å². The Balaban J connectivity index is 1.97. The molecule has 0 aromatic heterocycles. The summed E-state index contributed by atoms with van der Waals surface area (Å²) in [5, 5.41) is 26.5. The Labute approximate surface area is 232 Å². The summed E-state index contributed by atoms with van der Waals surface area (Å²) in [4.78, 5) is 37.8. The van der Waals surface area contributed by atoms with Gasteiger partial charge >= 0.3 is 6.09 Å². The van der Waals surface area contributed by atoms with Crippen LogP contribution < -0.4 is 16.0 Å². The summed E-state index contributed by atoms with van der Waals surface area (Å²) in [6.07, 6.45) is 9.81. The fraction of sp³-hybridized carbons (Fsp3) is 0.567. The van der Waals surface area contributed by atoms with Gasteiger partial charge in [0, 0.05) is 18.7 Å². The Morgan fingerprint density at radius 2 is 1.82 bits per heavy atom. The molecule has 0 aliphatic heterocycles. The number of rotatable bonds is 12. The third kappa shape index (κ3) is 13.0. The molecule has 1 aliphatic carbocycles. The van der Waals surface area contributed by atoms with E-state index in [1.54, 1.807) is 45.0 Å².